The molecule has 0 bridgehead atoms. The van der Waals surface area contributed by atoms with Crippen molar-refractivity contribution in [1.29, 1.82) is 0 Å². The third-order valence-corrected chi connectivity index (χ3v) is 5.04. The number of nitrogens with zero attached hydrogens (tertiary/aromatic N) is 5. The maximum absolute atomic E-state index is 10.4. The van der Waals surface area contributed by atoms with Crippen molar-refractivity contribution in [3.8, 4) is 5.75 Å². The van der Waals surface area contributed by atoms with Crippen molar-refractivity contribution in [2.45, 2.75) is 25.8 Å². The molecule has 1 atom stereocenters. The van der Waals surface area contributed by atoms with E-state index in [2.05, 4.69) is 20.3 Å². The molecule has 4 rings (SSSR count). The lowest BCUT2D eigenvalue weighted by molar-refractivity contribution is -0.109. The summed E-state index contributed by atoms with van der Waals surface area (Å²) < 4.78 is 7.60. The summed E-state index contributed by atoms with van der Waals surface area (Å²) in [5.41, 5.74) is 8.60. The number of ether oxygens (including phenoxy) is 1. The highest BCUT2D eigenvalue weighted by Crippen LogP contribution is 2.39. The molecule has 3 N–H and O–H groups in total. The Labute approximate surface area is 162 Å². The lowest BCUT2D eigenvalue weighted by Gasteiger charge is -2.27. The Balaban J connectivity index is 1.62. The highest BCUT2D eigenvalue weighted by Gasteiger charge is 2.30. The van der Waals surface area contributed by atoms with Crippen molar-refractivity contribution >= 4 is 23.7 Å². The molecule has 1 saturated heterocycles. The number of nitrogen functional groups attached to an aromatic ring is 1. The minimum absolute atomic E-state index is 0.123. The van der Waals surface area contributed by atoms with Crippen LogP contribution in [0.25, 0.3) is 5.65 Å². The number of carbonyl (C=O) groups excluding carboxylic acids is 1. The van der Waals surface area contributed by atoms with Crippen LogP contribution in [0.4, 0.5) is 11.6 Å². The van der Waals surface area contributed by atoms with Crippen LogP contribution in [-0.4, -0.2) is 45.7 Å². The van der Waals surface area contributed by atoms with Gasteiger partial charge in [-0.25, -0.2) is 9.50 Å². The van der Waals surface area contributed by atoms with Gasteiger partial charge in [-0.15, -0.1) is 5.10 Å². The third kappa shape index (κ3) is 3.30. The summed E-state index contributed by atoms with van der Waals surface area (Å²) in [5.74, 6) is 2.16. The van der Waals surface area contributed by atoms with Gasteiger partial charge in [0.25, 0.3) is 0 Å². The van der Waals surface area contributed by atoms with E-state index in [1.165, 1.54) is 0 Å². The van der Waals surface area contributed by atoms with E-state index in [4.69, 9.17) is 15.5 Å². The molecule has 1 amide bonds. The van der Waals surface area contributed by atoms with Gasteiger partial charge in [0.05, 0.1) is 12.6 Å². The molecule has 0 aliphatic carbocycles. The summed E-state index contributed by atoms with van der Waals surface area (Å²) in [6.45, 7) is 3.69. The number of anilines is 2. The van der Waals surface area contributed by atoms with Gasteiger partial charge >= 0.3 is 0 Å². The minimum atomic E-state index is 0.123. The van der Waals surface area contributed by atoms with Crippen LogP contribution in [0.15, 0.2) is 30.7 Å². The first-order valence-corrected chi connectivity index (χ1v) is 9.31. The number of hydrogen-bond acceptors (Lipinski definition) is 7. The first-order valence-electron chi connectivity index (χ1n) is 9.31. The number of nitrogens with two attached hydrogens (primary N) is 1. The fraction of sp³-hybridized carbons (Fsp3) is 0.368. The number of aryl methyl sites for hydroxylation is 1. The number of hydrogen-bond donors (Lipinski definition) is 2. The first-order chi connectivity index (χ1) is 13.7. The molecule has 1 aliphatic rings. The molecule has 28 heavy (non-hydrogen) atoms. The van der Waals surface area contributed by atoms with Gasteiger partial charge in [-0.05, 0) is 31.9 Å². The van der Waals surface area contributed by atoms with Crippen molar-refractivity contribution in [3.63, 3.8) is 0 Å². The predicted octanol–water partition coefficient (Wildman–Crippen LogP) is 1.48. The number of amides is 1. The summed E-state index contributed by atoms with van der Waals surface area (Å²) in [5, 5.41) is 6.88. The standard InChI is InChI=1S/C19H23N7O2/c1-13-18(20)24-26-9-5-17(23-19(13)26)25-8-2-3-15(25)14-11-21-6-4-16(14)28-10-7-22-12-27/h4-6,9,11-12,15H,2-3,7-8,10H2,1H3,(H2,20,24)(H,22,27). The van der Waals surface area contributed by atoms with Gasteiger partial charge in [-0.2, -0.15) is 0 Å². The predicted molar refractivity (Wildman–Crippen MR) is 105 cm³/mol. The number of nitrogens with one attached hydrogen (secondary N) is 1. The molecule has 0 spiro atoms. The topological polar surface area (TPSA) is 111 Å². The van der Waals surface area contributed by atoms with Crippen LogP contribution in [0.1, 0.15) is 30.0 Å². The van der Waals surface area contributed by atoms with Gasteiger partial charge < -0.3 is 20.7 Å². The van der Waals surface area contributed by atoms with Gasteiger partial charge in [-0.1, -0.05) is 0 Å². The van der Waals surface area contributed by atoms with Crippen LogP contribution in [0.2, 0.25) is 0 Å². The van der Waals surface area contributed by atoms with Crippen LogP contribution in [0.3, 0.4) is 0 Å². The van der Waals surface area contributed by atoms with E-state index < -0.39 is 0 Å². The van der Waals surface area contributed by atoms with E-state index in [1.807, 2.05) is 31.5 Å². The highest BCUT2D eigenvalue weighted by atomic mass is 16.5. The molecular formula is C19H23N7O2. The van der Waals surface area contributed by atoms with E-state index in [-0.39, 0.29) is 6.04 Å². The maximum atomic E-state index is 10.4. The number of aromatic nitrogens is 4. The monoisotopic (exact) mass is 381 g/mol. The molecule has 0 radical (unpaired) electrons. The van der Waals surface area contributed by atoms with E-state index in [0.29, 0.717) is 25.4 Å². The Kier molecular flexibility index (Phi) is 4.96. The first kappa shape index (κ1) is 18.0. The maximum Gasteiger partial charge on any atom is 0.207 e. The molecule has 1 aliphatic heterocycles. The van der Waals surface area contributed by atoms with Crippen molar-refractivity contribution in [2.75, 3.05) is 30.3 Å². The van der Waals surface area contributed by atoms with Gasteiger partial charge in [0.15, 0.2) is 11.5 Å². The van der Waals surface area contributed by atoms with E-state index in [9.17, 15) is 4.79 Å². The minimum Gasteiger partial charge on any atom is -0.491 e. The molecular weight excluding hydrogens is 358 g/mol. The molecule has 9 heteroatoms. The van der Waals surface area contributed by atoms with Gasteiger partial charge in [0, 0.05) is 36.3 Å². The van der Waals surface area contributed by atoms with Crippen LogP contribution in [0.5, 0.6) is 5.75 Å². The normalized spacial score (nSPS) is 16.5. The summed E-state index contributed by atoms with van der Waals surface area (Å²) in [6.07, 6.45) is 8.17. The second kappa shape index (κ2) is 7.71. The Bertz CT molecular complexity index is 988. The number of rotatable bonds is 7. The summed E-state index contributed by atoms with van der Waals surface area (Å²) in [6, 6.07) is 3.95. The molecule has 4 heterocycles. The van der Waals surface area contributed by atoms with E-state index in [1.54, 1.807) is 10.7 Å². The van der Waals surface area contributed by atoms with Crippen molar-refractivity contribution in [2.24, 2.45) is 0 Å². The number of carbonyl (C=O) groups is 1. The second-order valence-electron chi connectivity index (χ2n) is 6.75. The molecule has 0 saturated carbocycles. The third-order valence-electron chi connectivity index (χ3n) is 5.04. The Morgan fingerprint density at radius 2 is 2.32 bits per heavy atom. The Morgan fingerprint density at radius 1 is 1.43 bits per heavy atom. The van der Waals surface area contributed by atoms with E-state index in [0.717, 1.165) is 47.7 Å². The van der Waals surface area contributed by atoms with Crippen LogP contribution < -0.4 is 20.7 Å². The van der Waals surface area contributed by atoms with Gasteiger partial charge in [-0.3, -0.25) is 9.78 Å². The largest absolute Gasteiger partial charge is 0.491 e. The number of fused-ring (bicyclic) bond motifs is 1. The number of pyridine rings is 1. The van der Waals surface area contributed by atoms with Crippen molar-refractivity contribution < 1.29 is 9.53 Å². The zero-order valence-corrected chi connectivity index (χ0v) is 15.7. The van der Waals surface area contributed by atoms with Crippen LogP contribution in [-0.2, 0) is 4.79 Å². The fourth-order valence-corrected chi connectivity index (χ4v) is 3.63. The lowest BCUT2D eigenvalue weighted by Crippen LogP contribution is -2.25. The van der Waals surface area contributed by atoms with Crippen LogP contribution in [0, 0.1) is 6.92 Å². The van der Waals surface area contributed by atoms with Gasteiger partial charge in [0.2, 0.25) is 6.41 Å². The summed E-state index contributed by atoms with van der Waals surface area (Å²) >= 11 is 0. The Hall–Kier alpha value is -3.36. The molecule has 0 aromatic carbocycles. The summed E-state index contributed by atoms with van der Waals surface area (Å²) in [7, 11) is 0. The average Bonchev–Trinajstić information content (AvgIpc) is 3.31. The molecule has 3 aromatic rings. The zero-order valence-electron chi connectivity index (χ0n) is 15.7. The molecule has 3 aromatic heterocycles. The van der Waals surface area contributed by atoms with Crippen LogP contribution >= 0.6 is 0 Å². The van der Waals surface area contributed by atoms with E-state index >= 15 is 0 Å². The van der Waals surface area contributed by atoms with Crippen molar-refractivity contribution in [1.82, 2.24) is 24.9 Å². The molecule has 146 valence electrons. The second-order valence-corrected chi connectivity index (χ2v) is 6.75. The molecule has 1 unspecified atom stereocenters. The highest BCUT2D eigenvalue weighted by molar-refractivity contribution is 5.61. The average molecular weight is 381 g/mol. The smallest absolute Gasteiger partial charge is 0.207 e. The lowest BCUT2D eigenvalue weighted by atomic mass is 10.1. The zero-order chi connectivity index (χ0) is 19.5. The van der Waals surface area contributed by atoms with Gasteiger partial charge in [0.1, 0.15) is 18.2 Å². The summed E-state index contributed by atoms with van der Waals surface area (Å²) in [4.78, 5) is 21.8. The fourth-order valence-electron chi connectivity index (χ4n) is 3.63. The molecule has 1 fully saturated rings. The Morgan fingerprint density at radius 3 is 3.18 bits per heavy atom. The van der Waals surface area contributed by atoms with Crippen molar-refractivity contribution in [3.05, 3.63) is 41.9 Å². The molecule has 9 nitrogen and oxygen atoms in total. The quantitative estimate of drug-likeness (QED) is 0.471. The SMILES string of the molecule is Cc1c(N)nn2ccc(N3CCCC3c3cnccc3OCCNC=O)nc12.